The van der Waals surface area contributed by atoms with E-state index in [1.807, 2.05) is 39.8 Å². The average Bonchev–Trinajstić information content (AvgIpc) is 3.17. The van der Waals surface area contributed by atoms with Crippen LogP contribution in [0.1, 0.15) is 5.56 Å². The van der Waals surface area contributed by atoms with Gasteiger partial charge in [0.15, 0.2) is 11.0 Å². The van der Waals surface area contributed by atoms with Gasteiger partial charge in [0.05, 0.1) is 24.7 Å². The molecule has 2 aromatic heterocycles. The summed E-state index contributed by atoms with van der Waals surface area (Å²) in [7, 11) is 0. The number of amides is 1. The van der Waals surface area contributed by atoms with E-state index in [1.165, 1.54) is 11.8 Å². The van der Waals surface area contributed by atoms with Crippen LogP contribution in [0.5, 0.6) is 0 Å². The largest absolute Gasteiger partial charge is 0.378 e. The number of hydrogen-bond acceptors (Lipinski definition) is 6. The molecule has 1 fully saturated rings. The summed E-state index contributed by atoms with van der Waals surface area (Å²) in [6, 6.07) is 11.9. The van der Waals surface area contributed by atoms with E-state index in [1.54, 1.807) is 12.4 Å². The Kier molecular flexibility index (Phi) is 5.68. The fourth-order valence-electron chi connectivity index (χ4n) is 3.11. The molecule has 0 spiro atoms. The van der Waals surface area contributed by atoms with Crippen LogP contribution in [0.4, 0.5) is 0 Å². The number of aryl methyl sites for hydroxylation is 1. The summed E-state index contributed by atoms with van der Waals surface area (Å²) in [5, 5.41) is 9.47. The van der Waals surface area contributed by atoms with Crippen molar-refractivity contribution in [3.63, 3.8) is 0 Å². The van der Waals surface area contributed by atoms with E-state index >= 15 is 0 Å². The van der Waals surface area contributed by atoms with E-state index in [-0.39, 0.29) is 5.91 Å². The quantitative estimate of drug-likeness (QED) is 0.619. The first-order valence-corrected chi connectivity index (χ1v) is 10.1. The Morgan fingerprint density at radius 2 is 1.96 bits per heavy atom. The zero-order chi connectivity index (χ0) is 19.3. The number of rotatable bonds is 5. The molecule has 1 amide bonds. The number of carbonyl (C=O) groups excluding carboxylic acids is 1. The third kappa shape index (κ3) is 3.93. The Bertz CT molecular complexity index is 954. The van der Waals surface area contributed by atoms with Crippen LogP contribution in [0.25, 0.3) is 17.1 Å². The van der Waals surface area contributed by atoms with Crippen LogP contribution in [-0.2, 0) is 9.53 Å². The second-order valence-electron chi connectivity index (χ2n) is 6.45. The summed E-state index contributed by atoms with van der Waals surface area (Å²) in [6.07, 6.45) is 3.50. The third-order valence-electron chi connectivity index (χ3n) is 4.60. The average molecular weight is 395 g/mol. The minimum Gasteiger partial charge on any atom is -0.378 e. The summed E-state index contributed by atoms with van der Waals surface area (Å²) < 4.78 is 7.33. The second kappa shape index (κ2) is 8.53. The van der Waals surface area contributed by atoms with E-state index in [2.05, 4.69) is 28.2 Å². The molecule has 144 valence electrons. The van der Waals surface area contributed by atoms with Crippen molar-refractivity contribution in [1.29, 1.82) is 0 Å². The molecule has 0 bridgehead atoms. The lowest BCUT2D eigenvalue weighted by atomic mass is 10.2. The normalized spacial score (nSPS) is 14.2. The van der Waals surface area contributed by atoms with Gasteiger partial charge in [-0.05, 0) is 30.7 Å². The molecule has 3 heterocycles. The van der Waals surface area contributed by atoms with Gasteiger partial charge in [-0.2, -0.15) is 0 Å². The van der Waals surface area contributed by atoms with Crippen LogP contribution in [-0.4, -0.2) is 62.6 Å². The lowest BCUT2D eigenvalue weighted by Gasteiger charge is -2.26. The molecule has 0 radical (unpaired) electrons. The van der Waals surface area contributed by atoms with Gasteiger partial charge in [0.25, 0.3) is 0 Å². The Labute approximate surface area is 167 Å². The Morgan fingerprint density at radius 1 is 1.14 bits per heavy atom. The van der Waals surface area contributed by atoms with Gasteiger partial charge in [-0.3, -0.25) is 14.3 Å². The molecular formula is C20H21N5O2S. The van der Waals surface area contributed by atoms with Crippen molar-refractivity contribution < 1.29 is 9.53 Å². The number of ether oxygens (including phenoxy) is 1. The van der Waals surface area contributed by atoms with Crippen LogP contribution < -0.4 is 0 Å². The van der Waals surface area contributed by atoms with Gasteiger partial charge in [0.1, 0.15) is 0 Å². The minimum atomic E-state index is 0.0931. The fourth-order valence-corrected chi connectivity index (χ4v) is 3.95. The predicted molar refractivity (Wildman–Crippen MR) is 107 cm³/mol. The standard InChI is InChI=1S/C20H21N5O2S/c1-15-5-2-3-7-17(15)25-19(16-6-4-8-21-13-16)22-23-20(25)28-14-18(26)24-9-11-27-12-10-24/h2-8,13H,9-12,14H2,1H3. The predicted octanol–water partition coefficient (Wildman–Crippen LogP) is 2.59. The van der Waals surface area contributed by atoms with Crippen molar-refractivity contribution in [3.8, 4) is 17.1 Å². The monoisotopic (exact) mass is 395 g/mol. The van der Waals surface area contributed by atoms with E-state index in [0.29, 0.717) is 43.0 Å². The van der Waals surface area contributed by atoms with E-state index in [4.69, 9.17) is 4.74 Å². The highest BCUT2D eigenvalue weighted by Crippen LogP contribution is 2.29. The van der Waals surface area contributed by atoms with Gasteiger partial charge in [-0.1, -0.05) is 30.0 Å². The Morgan fingerprint density at radius 3 is 2.71 bits per heavy atom. The van der Waals surface area contributed by atoms with Crippen LogP contribution in [0, 0.1) is 6.92 Å². The van der Waals surface area contributed by atoms with Crippen molar-refractivity contribution in [1.82, 2.24) is 24.6 Å². The SMILES string of the molecule is Cc1ccccc1-n1c(SCC(=O)N2CCOCC2)nnc1-c1cccnc1. The van der Waals surface area contributed by atoms with Crippen molar-refractivity contribution in [2.75, 3.05) is 32.1 Å². The van der Waals surface area contributed by atoms with Crippen LogP contribution in [0.3, 0.4) is 0 Å². The van der Waals surface area contributed by atoms with Gasteiger partial charge in [0, 0.05) is 31.0 Å². The summed E-state index contributed by atoms with van der Waals surface area (Å²) >= 11 is 1.40. The van der Waals surface area contributed by atoms with E-state index < -0.39 is 0 Å². The molecule has 1 saturated heterocycles. The fraction of sp³-hybridized carbons (Fsp3) is 0.300. The number of pyridine rings is 1. The molecule has 0 saturated carbocycles. The van der Waals surface area contributed by atoms with Crippen molar-refractivity contribution >= 4 is 17.7 Å². The van der Waals surface area contributed by atoms with Gasteiger partial charge < -0.3 is 9.64 Å². The number of morpholine rings is 1. The highest BCUT2D eigenvalue weighted by Gasteiger charge is 2.21. The van der Waals surface area contributed by atoms with Crippen molar-refractivity contribution in [3.05, 3.63) is 54.4 Å². The maximum Gasteiger partial charge on any atom is 0.233 e. The maximum atomic E-state index is 12.5. The van der Waals surface area contributed by atoms with Gasteiger partial charge in [-0.15, -0.1) is 10.2 Å². The highest BCUT2D eigenvalue weighted by molar-refractivity contribution is 7.99. The van der Waals surface area contributed by atoms with E-state index in [0.717, 1.165) is 16.8 Å². The highest BCUT2D eigenvalue weighted by atomic mass is 32.2. The molecule has 7 nitrogen and oxygen atoms in total. The number of aromatic nitrogens is 4. The number of nitrogens with zero attached hydrogens (tertiary/aromatic N) is 5. The van der Waals surface area contributed by atoms with Crippen LogP contribution in [0.15, 0.2) is 53.9 Å². The number of benzene rings is 1. The molecular weight excluding hydrogens is 374 g/mol. The molecule has 0 aliphatic carbocycles. The smallest absolute Gasteiger partial charge is 0.233 e. The molecule has 1 aromatic carbocycles. The maximum absolute atomic E-state index is 12.5. The first-order chi connectivity index (χ1) is 13.7. The summed E-state index contributed by atoms with van der Waals surface area (Å²) in [4.78, 5) is 18.6. The molecule has 1 aliphatic rings. The van der Waals surface area contributed by atoms with E-state index in [9.17, 15) is 4.79 Å². The second-order valence-corrected chi connectivity index (χ2v) is 7.39. The topological polar surface area (TPSA) is 73.1 Å². The van der Waals surface area contributed by atoms with Gasteiger partial charge in [-0.25, -0.2) is 0 Å². The molecule has 0 atom stereocenters. The van der Waals surface area contributed by atoms with Crippen molar-refractivity contribution in [2.24, 2.45) is 0 Å². The van der Waals surface area contributed by atoms with Crippen LogP contribution >= 0.6 is 11.8 Å². The number of para-hydroxylation sites is 1. The van der Waals surface area contributed by atoms with Gasteiger partial charge >= 0.3 is 0 Å². The van der Waals surface area contributed by atoms with Crippen LogP contribution in [0.2, 0.25) is 0 Å². The summed E-state index contributed by atoms with van der Waals surface area (Å²) in [5.74, 6) is 1.12. The first kappa shape index (κ1) is 18.6. The lowest BCUT2D eigenvalue weighted by Crippen LogP contribution is -2.41. The molecule has 0 N–H and O–H groups in total. The number of carbonyl (C=O) groups is 1. The summed E-state index contributed by atoms with van der Waals surface area (Å²) in [5.41, 5.74) is 2.98. The minimum absolute atomic E-state index is 0.0931. The number of hydrogen-bond donors (Lipinski definition) is 0. The Hall–Kier alpha value is -2.71. The number of thioether (sulfide) groups is 1. The third-order valence-corrected chi connectivity index (χ3v) is 5.51. The Balaban J connectivity index is 1.65. The first-order valence-electron chi connectivity index (χ1n) is 9.14. The molecule has 0 unspecified atom stereocenters. The molecule has 28 heavy (non-hydrogen) atoms. The zero-order valence-corrected chi connectivity index (χ0v) is 16.4. The molecule has 1 aliphatic heterocycles. The zero-order valence-electron chi connectivity index (χ0n) is 15.6. The lowest BCUT2D eigenvalue weighted by molar-refractivity contribution is -0.132. The molecule has 4 rings (SSSR count). The van der Waals surface area contributed by atoms with Gasteiger partial charge in [0.2, 0.25) is 5.91 Å². The summed E-state index contributed by atoms with van der Waals surface area (Å²) in [6.45, 7) is 4.53. The molecule has 8 heteroatoms. The molecule has 3 aromatic rings. The van der Waals surface area contributed by atoms with Crippen molar-refractivity contribution in [2.45, 2.75) is 12.1 Å².